The van der Waals surface area contributed by atoms with Crippen LogP contribution in [0.2, 0.25) is 0 Å². The minimum atomic E-state index is -4.21. The van der Waals surface area contributed by atoms with Crippen LogP contribution in [0.4, 0.5) is 14.5 Å². The van der Waals surface area contributed by atoms with Crippen molar-refractivity contribution in [2.45, 2.75) is 9.24 Å². The molecule has 0 saturated heterocycles. The van der Waals surface area contributed by atoms with Crippen LogP contribution in [-0.2, 0) is 19.9 Å². The molecule has 11 heteroatoms. The summed E-state index contributed by atoms with van der Waals surface area (Å²) in [7, 11) is -7.69. The Morgan fingerprint density at radius 2 is 1.64 bits per heavy atom. The third-order valence-electron chi connectivity index (χ3n) is 3.08. The molecule has 0 radical (unpaired) electrons. The normalized spacial score (nSPS) is 12.4. The Bertz CT molecular complexity index is 1170. The van der Waals surface area contributed by atoms with Gasteiger partial charge < -0.3 is 0 Å². The topological polar surface area (TPSA) is 93.2 Å². The first-order valence-corrected chi connectivity index (χ1v) is 10.8. The fraction of sp³-hybridized carbons (Fsp3) is 0.0714. The number of sulfone groups is 1. The first-order valence-electron chi connectivity index (χ1n) is 6.64. The maximum absolute atomic E-state index is 13.2. The molecule has 25 heavy (non-hydrogen) atoms. The van der Waals surface area contributed by atoms with E-state index in [-0.39, 0.29) is 10.0 Å². The highest BCUT2D eigenvalue weighted by atomic mass is 32.2. The van der Waals surface area contributed by atoms with Crippen molar-refractivity contribution in [1.29, 1.82) is 0 Å². The maximum atomic E-state index is 13.2. The Balaban J connectivity index is 1.99. The molecule has 0 fully saturated rings. The second kappa shape index (κ2) is 6.00. The zero-order valence-electron chi connectivity index (χ0n) is 12.5. The van der Waals surface area contributed by atoms with Crippen LogP contribution in [0, 0.1) is 11.6 Å². The van der Waals surface area contributed by atoms with Gasteiger partial charge in [0.15, 0.2) is 0 Å². The maximum Gasteiger partial charge on any atom is 0.262 e. The summed E-state index contributed by atoms with van der Waals surface area (Å²) < 4.78 is 76.6. The van der Waals surface area contributed by atoms with Gasteiger partial charge in [-0.3, -0.25) is 4.72 Å². The number of nitrogens with one attached hydrogen (secondary N) is 1. The molecule has 0 atom stereocenters. The molecule has 2 aromatic carbocycles. The van der Waals surface area contributed by atoms with Crippen LogP contribution in [-0.4, -0.2) is 28.1 Å². The SMILES string of the molecule is CS(=O)(=O)c1nc2ccc(NS(=O)(=O)c3cc(F)cc(F)c3)cc2s1. The lowest BCUT2D eigenvalue weighted by Gasteiger charge is -2.08. The van der Waals surface area contributed by atoms with E-state index in [2.05, 4.69) is 9.71 Å². The van der Waals surface area contributed by atoms with E-state index in [0.717, 1.165) is 17.6 Å². The summed E-state index contributed by atoms with van der Waals surface area (Å²) in [6.45, 7) is 0. The number of fused-ring (bicyclic) bond motifs is 1. The van der Waals surface area contributed by atoms with Crippen LogP contribution in [0.5, 0.6) is 0 Å². The lowest BCUT2D eigenvalue weighted by molar-refractivity contribution is 0.568. The molecular weight excluding hydrogens is 394 g/mol. The number of aromatic nitrogens is 1. The highest BCUT2D eigenvalue weighted by molar-refractivity contribution is 7.93. The Hall–Kier alpha value is -2.11. The van der Waals surface area contributed by atoms with Gasteiger partial charge in [-0.05, 0) is 30.3 Å². The number of benzene rings is 2. The molecule has 1 heterocycles. The van der Waals surface area contributed by atoms with E-state index < -0.39 is 36.4 Å². The van der Waals surface area contributed by atoms with Crippen LogP contribution < -0.4 is 4.72 Å². The van der Waals surface area contributed by atoms with Gasteiger partial charge in [0.2, 0.25) is 14.2 Å². The van der Waals surface area contributed by atoms with Gasteiger partial charge in [0, 0.05) is 12.3 Å². The third-order valence-corrected chi connectivity index (χ3v) is 7.14. The number of anilines is 1. The van der Waals surface area contributed by atoms with Crippen LogP contribution in [0.1, 0.15) is 0 Å². The van der Waals surface area contributed by atoms with Crippen molar-refractivity contribution in [1.82, 2.24) is 4.98 Å². The molecular formula is C14H10F2N2O4S3. The van der Waals surface area contributed by atoms with E-state index in [1.165, 1.54) is 18.2 Å². The van der Waals surface area contributed by atoms with Crippen LogP contribution >= 0.6 is 11.3 Å². The largest absolute Gasteiger partial charge is 0.280 e. The zero-order chi connectivity index (χ0) is 18.4. The van der Waals surface area contributed by atoms with Crippen molar-refractivity contribution in [2.24, 2.45) is 0 Å². The Morgan fingerprint density at radius 3 is 2.24 bits per heavy atom. The zero-order valence-corrected chi connectivity index (χ0v) is 15.0. The molecule has 0 aliphatic heterocycles. The van der Waals surface area contributed by atoms with Gasteiger partial charge in [-0.1, -0.05) is 0 Å². The van der Waals surface area contributed by atoms with Gasteiger partial charge >= 0.3 is 0 Å². The van der Waals surface area contributed by atoms with E-state index in [4.69, 9.17) is 0 Å². The fourth-order valence-electron chi connectivity index (χ4n) is 2.02. The van der Waals surface area contributed by atoms with E-state index >= 15 is 0 Å². The van der Waals surface area contributed by atoms with Crippen molar-refractivity contribution in [3.05, 3.63) is 48.0 Å². The minimum absolute atomic E-state index is 0.0882. The number of halogens is 2. The highest BCUT2D eigenvalue weighted by Gasteiger charge is 2.18. The first-order chi connectivity index (χ1) is 11.5. The van der Waals surface area contributed by atoms with E-state index in [1.807, 2.05) is 0 Å². The van der Waals surface area contributed by atoms with Crippen molar-refractivity contribution in [2.75, 3.05) is 11.0 Å². The van der Waals surface area contributed by atoms with Crippen LogP contribution in [0.15, 0.2) is 45.6 Å². The van der Waals surface area contributed by atoms with Gasteiger partial charge in [0.05, 0.1) is 20.8 Å². The third kappa shape index (κ3) is 3.78. The summed E-state index contributed by atoms with van der Waals surface area (Å²) in [4.78, 5) is 3.39. The molecule has 0 saturated carbocycles. The molecule has 0 bridgehead atoms. The van der Waals surface area contributed by atoms with Crippen LogP contribution in [0.3, 0.4) is 0 Å². The standard InChI is InChI=1S/C14H10F2N2O4S3/c1-24(19,20)14-17-12-3-2-10(7-13(12)23-14)18-25(21,22)11-5-8(15)4-9(16)6-11/h2-7,18H,1H3. The molecule has 0 amide bonds. The van der Waals surface area contributed by atoms with Crippen molar-refractivity contribution >= 4 is 47.1 Å². The van der Waals surface area contributed by atoms with Gasteiger partial charge in [-0.2, -0.15) is 0 Å². The van der Waals surface area contributed by atoms with Gasteiger partial charge in [0.1, 0.15) is 11.6 Å². The highest BCUT2D eigenvalue weighted by Crippen LogP contribution is 2.29. The number of hydrogen-bond acceptors (Lipinski definition) is 6. The summed E-state index contributed by atoms with van der Waals surface area (Å²) in [5, 5.41) is 0. The summed E-state index contributed by atoms with van der Waals surface area (Å²) in [6, 6.07) is 6.17. The molecule has 0 spiro atoms. The number of thiazole rings is 1. The number of hydrogen-bond donors (Lipinski definition) is 1. The minimum Gasteiger partial charge on any atom is -0.280 e. The Morgan fingerprint density at radius 1 is 1.00 bits per heavy atom. The average Bonchev–Trinajstić information content (AvgIpc) is 2.89. The second-order valence-corrected chi connectivity index (χ2v) is 10.0. The predicted octanol–water partition coefficient (Wildman–Crippen LogP) is 2.78. The summed E-state index contributed by atoms with van der Waals surface area (Å²) in [5.74, 6) is -2.04. The molecule has 3 rings (SSSR count). The lowest BCUT2D eigenvalue weighted by Crippen LogP contribution is -2.13. The predicted molar refractivity (Wildman–Crippen MR) is 89.9 cm³/mol. The van der Waals surface area contributed by atoms with E-state index in [1.54, 1.807) is 0 Å². The summed E-state index contributed by atoms with van der Waals surface area (Å²) >= 11 is 0.891. The first kappa shape index (κ1) is 17.7. The van der Waals surface area contributed by atoms with Crippen molar-refractivity contribution < 1.29 is 25.6 Å². The number of rotatable bonds is 4. The Kier molecular flexibility index (Phi) is 4.25. The molecule has 0 aliphatic carbocycles. The van der Waals surface area contributed by atoms with E-state index in [0.29, 0.717) is 28.4 Å². The quantitative estimate of drug-likeness (QED) is 0.722. The van der Waals surface area contributed by atoms with Crippen LogP contribution in [0.25, 0.3) is 10.2 Å². The average molecular weight is 404 g/mol. The monoisotopic (exact) mass is 404 g/mol. The van der Waals surface area contributed by atoms with Crippen molar-refractivity contribution in [3.8, 4) is 0 Å². The molecule has 3 aromatic rings. The molecule has 1 N–H and O–H groups in total. The molecule has 0 aliphatic rings. The molecule has 132 valence electrons. The fourth-order valence-corrected chi connectivity index (χ4v) is 4.99. The molecule has 6 nitrogen and oxygen atoms in total. The molecule has 0 unspecified atom stereocenters. The van der Waals surface area contributed by atoms with E-state index in [9.17, 15) is 25.6 Å². The van der Waals surface area contributed by atoms with Gasteiger partial charge in [0.25, 0.3) is 10.0 Å². The molecule has 1 aromatic heterocycles. The number of sulfonamides is 1. The number of nitrogens with zero attached hydrogens (tertiary/aromatic N) is 1. The second-order valence-electron chi connectivity index (χ2n) is 5.15. The summed E-state index contributed by atoms with van der Waals surface area (Å²) in [6.07, 6.45) is 1.02. The van der Waals surface area contributed by atoms with Gasteiger partial charge in [-0.15, -0.1) is 11.3 Å². The Labute approximate surface area is 146 Å². The van der Waals surface area contributed by atoms with Gasteiger partial charge in [-0.25, -0.2) is 30.6 Å². The smallest absolute Gasteiger partial charge is 0.262 e. The van der Waals surface area contributed by atoms with Crippen molar-refractivity contribution in [3.63, 3.8) is 0 Å². The summed E-state index contributed by atoms with van der Waals surface area (Å²) in [5.41, 5.74) is 0.506. The lowest BCUT2D eigenvalue weighted by atomic mass is 10.3.